The first-order valence-electron chi connectivity index (χ1n) is 9.85. The largest absolute Gasteiger partial charge is 0.454 e. The topological polar surface area (TPSA) is 73.3 Å². The zero-order valence-corrected chi connectivity index (χ0v) is 17.1. The van der Waals surface area contributed by atoms with Crippen molar-refractivity contribution in [3.05, 3.63) is 59.2 Å². The van der Waals surface area contributed by atoms with Crippen LogP contribution in [0, 0.1) is 0 Å². The number of nitrogens with zero attached hydrogens (tertiary/aromatic N) is 1. The molecular formula is C22H29N3O4. The Balaban J connectivity index is 1.43. The van der Waals surface area contributed by atoms with Gasteiger partial charge in [0.15, 0.2) is 17.5 Å². The maximum Gasteiger partial charge on any atom is 0.231 e. The molecule has 1 aliphatic rings. The lowest BCUT2D eigenvalue weighted by atomic mass is 10.1. The lowest BCUT2D eigenvalue weighted by molar-refractivity contribution is 0.0453. The molecule has 0 amide bonds. The average Bonchev–Trinajstić information content (AvgIpc) is 3.22. The Bertz CT molecular complexity index is 810. The van der Waals surface area contributed by atoms with Gasteiger partial charge in [0.1, 0.15) is 0 Å². The highest BCUT2D eigenvalue weighted by molar-refractivity contribution is 5.79. The zero-order chi connectivity index (χ0) is 20.3. The second-order valence-electron chi connectivity index (χ2n) is 6.54. The van der Waals surface area contributed by atoms with Crippen molar-refractivity contribution >= 4 is 5.96 Å². The number of hydrogen-bond donors (Lipinski definition) is 2. The summed E-state index contributed by atoms with van der Waals surface area (Å²) >= 11 is 0. The minimum atomic E-state index is 0.284. The van der Waals surface area contributed by atoms with Gasteiger partial charge in [-0.3, -0.25) is 4.99 Å². The Kier molecular flexibility index (Phi) is 8.15. The summed E-state index contributed by atoms with van der Waals surface area (Å²) in [5.41, 5.74) is 3.41. The van der Waals surface area contributed by atoms with Crippen molar-refractivity contribution < 1.29 is 18.9 Å². The summed E-state index contributed by atoms with van der Waals surface area (Å²) in [6.45, 7) is 6.11. The SMILES string of the molecule is CCOCCOCc1cccc(CNC(=NC)NCc2ccc3c(c2)OCO3)c1. The molecule has 0 spiro atoms. The van der Waals surface area contributed by atoms with Crippen LogP contribution in [-0.2, 0) is 29.2 Å². The van der Waals surface area contributed by atoms with Gasteiger partial charge in [-0.1, -0.05) is 30.3 Å². The number of fused-ring (bicyclic) bond motifs is 1. The molecule has 0 saturated heterocycles. The predicted molar refractivity (Wildman–Crippen MR) is 112 cm³/mol. The molecule has 2 aromatic carbocycles. The van der Waals surface area contributed by atoms with Crippen LogP contribution in [0.25, 0.3) is 0 Å². The molecule has 0 fully saturated rings. The van der Waals surface area contributed by atoms with E-state index in [-0.39, 0.29) is 6.79 Å². The van der Waals surface area contributed by atoms with Gasteiger partial charge in [0.05, 0.1) is 19.8 Å². The normalized spacial score (nSPS) is 12.8. The number of hydrogen-bond acceptors (Lipinski definition) is 5. The summed E-state index contributed by atoms with van der Waals surface area (Å²) in [6, 6.07) is 14.3. The monoisotopic (exact) mass is 399 g/mol. The Labute approximate surface area is 172 Å². The maximum atomic E-state index is 5.64. The molecule has 1 heterocycles. The van der Waals surface area contributed by atoms with Crippen LogP contribution < -0.4 is 20.1 Å². The molecule has 0 bridgehead atoms. The summed E-state index contributed by atoms with van der Waals surface area (Å²) in [6.07, 6.45) is 0. The van der Waals surface area contributed by atoms with Crippen LogP contribution in [0.2, 0.25) is 0 Å². The van der Waals surface area contributed by atoms with Crippen molar-refractivity contribution in [3.8, 4) is 11.5 Å². The average molecular weight is 399 g/mol. The second kappa shape index (κ2) is 11.3. The van der Waals surface area contributed by atoms with Gasteiger partial charge < -0.3 is 29.6 Å². The highest BCUT2D eigenvalue weighted by atomic mass is 16.7. The van der Waals surface area contributed by atoms with Crippen molar-refractivity contribution in [2.45, 2.75) is 26.6 Å². The lowest BCUT2D eigenvalue weighted by Gasteiger charge is -2.13. The third-order valence-electron chi connectivity index (χ3n) is 4.42. The number of ether oxygens (including phenoxy) is 4. The predicted octanol–water partition coefficient (Wildman–Crippen LogP) is 2.83. The molecule has 0 aliphatic carbocycles. The van der Waals surface area contributed by atoms with Crippen LogP contribution in [-0.4, -0.2) is 39.6 Å². The Hall–Kier alpha value is -2.77. The fourth-order valence-corrected chi connectivity index (χ4v) is 2.92. The molecule has 0 radical (unpaired) electrons. The van der Waals surface area contributed by atoms with E-state index in [1.165, 1.54) is 5.56 Å². The minimum absolute atomic E-state index is 0.284. The standard InChI is InChI=1S/C22H29N3O4/c1-3-26-9-10-27-15-19-6-4-5-17(11-19)13-24-22(23-2)25-14-18-7-8-20-21(12-18)29-16-28-20/h4-8,11-12H,3,9-10,13-16H2,1-2H3,(H2,23,24,25). The first kappa shape index (κ1) is 21.0. The Morgan fingerprint density at radius 1 is 0.931 bits per heavy atom. The van der Waals surface area contributed by atoms with E-state index in [2.05, 4.69) is 33.8 Å². The van der Waals surface area contributed by atoms with Crippen LogP contribution in [0.5, 0.6) is 11.5 Å². The van der Waals surface area contributed by atoms with Crippen LogP contribution >= 0.6 is 0 Å². The molecule has 29 heavy (non-hydrogen) atoms. The molecule has 0 saturated carbocycles. The quantitative estimate of drug-likeness (QED) is 0.364. The first-order chi connectivity index (χ1) is 14.3. The van der Waals surface area contributed by atoms with E-state index in [4.69, 9.17) is 18.9 Å². The Morgan fingerprint density at radius 2 is 1.66 bits per heavy atom. The lowest BCUT2D eigenvalue weighted by Crippen LogP contribution is -2.36. The number of rotatable bonds is 10. The van der Waals surface area contributed by atoms with Crippen LogP contribution in [0.1, 0.15) is 23.6 Å². The van der Waals surface area contributed by atoms with E-state index < -0.39 is 0 Å². The summed E-state index contributed by atoms with van der Waals surface area (Å²) in [5, 5.41) is 6.66. The van der Waals surface area contributed by atoms with Crippen molar-refractivity contribution in [1.82, 2.24) is 10.6 Å². The van der Waals surface area contributed by atoms with Crippen molar-refractivity contribution in [3.63, 3.8) is 0 Å². The minimum Gasteiger partial charge on any atom is -0.454 e. The smallest absolute Gasteiger partial charge is 0.231 e. The Morgan fingerprint density at radius 3 is 2.45 bits per heavy atom. The van der Waals surface area contributed by atoms with Crippen molar-refractivity contribution in [1.29, 1.82) is 0 Å². The summed E-state index contributed by atoms with van der Waals surface area (Å²) in [4.78, 5) is 4.29. The van der Waals surface area contributed by atoms with Gasteiger partial charge in [-0.2, -0.15) is 0 Å². The van der Waals surface area contributed by atoms with Crippen LogP contribution in [0.15, 0.2) is 47.5 Å². The van der Waals surface area contributed by atoms with Gasteiger partial charge in [0.2, 0.25) is 6.79 Å². The summed E-state index contributed by atoms with van der Waals surface area (Å²) in [7, 11) is 1.76. The van der Waals surface area contributed by atoms with Gasteiger partial charge in [-0.25, -0.2) is 0 Å². The molecule has 0 unspecified atom stereocenters. The third-order valence-corrected chi connectivity index (χ3v) is 4.42. The van der Waals surface area contributed by atoms with Gasteiger partial charge in [-0.05, 0) is 35.7 Å². The van der Waals surface area contributed by atoms with E-state index in [0.717, 1.165) is 28.6 Å². The maximum absolute atomic E-state index is 5.64. The molecule has 7 heteroatoms. The molecule has 2 N–H and O–H groups in total. The molecule has 3 rings (SSSR count). The molecule has 7 nitrogen and oxygen atoms in total. The van der Waals surface area contributed by atoms with E-state index in [1.54, 1.807) is 7.05 Å². The molecule has 2 aromatic rings. The van der Waals surface area contributed by atoms with Crippen LogP contribution in [0.3, 0.4) is 0 Å². The van der Waals surface area contributed by atoms with E-state index in [1.807, 2.05) is 31.2 Å². The summed E-state index contributed by atoms with van der Waals surface area (Å²) < 4.78 is 21.7. The van der Waals surface area contributed by atoms with Gasteiger partial charge >= 0.3 is 0 Å². The highest BCUT2D eigenvalue weighted by Crippen LogP contribution is 2.32. The van der Waals surface area contributed by atoms with Crippen molar-refractivity contribution in [2.75, 3.05) is 33.7 Å². The van der Waals surface area contributed by atoms with Crippen molar-refractivity contribution in [2.24, 2.45) is 4.99 Å². The van der Waals surface area contributed by atoms with Gasteiger partial charge in [0.25, 0.3) is 0 Å². The number of guanidine groups is 1. The molecule has 156 valence electrons. The van der Waals surface area contributed by atoms with Gasteiger partial charge in [0, 0.05) is 26.7 Å². The molecule has 0 aromatic heterocycles. The molecule has 1 aliphatic heterocycles. The fourth-order valence-electron chi connectivity index (χ4n) is 2.92. The van der Waals surface area contributed by atoms with E-state index in [9.17, 15) is 0 Å². The molecule has 0 atom stereocenters. The second-order valence-corrected chi connectivity index (χ2v) is 6.54. The number of aliphatic imine (C=N–C) groups is 1. The highest BCUT2D eigenvalue weighted by Gasteiger charge is 2.13. The van der Waals surface area contributed by atoms with Crippen LogP contribution in [0.4, 0.5) is 0 Å². The first-order valence-corrected chi connectivity index (χ1v) is 9.85. The zero-order valence-electron chi connectivity index (χ0n) is 17.1. The summed E-state index contributed by atoms with van der Waals surface area (Å²) in [5.74, 6) is 2.31. The number of nitrogens with one attached hydrogen (secondary N) is 2. The van der Waals surface area contributed by atoms with E-state index >= 15 is 0 Å². The van der Waals surface area contributed by atoms with Gasteiger partial charge in [-0.15, -0.1) is 0 Å². The molecular weight excluding hydrogens is 370 g/mol. The fraction of sp³-hybridized carbons (Fsp3) is 0.409. The third kappa shape index (κ3) is 6.66. The van der Waals surface area contributed by atoms with E-state index in [0.29, 0.717) is 39.5 Å². The number of benzene rings is 2.